The number of para-hydroxylation sites is 1. The average Bonchev–Trinajstić information content (AvgIpc) is 2.89. The van der Waals surface area contributed by atoms with Gasteiger partial charge in [-0.15, -0.1) is 0 Å². The molecule has 2 N–H and O–H groups in total. The van der Waals surface area contributed by atoms with Crippen LogP contribution in [0, 0.1) is 3.57 Å². The summed E-state index contributed by atoms with van der Waals surface area (Å²) < 4.78 is 17.5. The second-order valence-electron chi connectivity index (χ2n) is 7.71. The number of amides is 3. The molecule has 0 aromatic heterocycles. The van der Waals surface area contributed by atoms with Gasteiger partial charge >= 0.3 is 11.8 Å². The number of anilines is 1. The lowest BCUT2D eigenvalue weighted by molar-refractivity contribution is -0.137. The largest absolute Gasteiger partial charge is 0.490 e. The minimum Gasteiger partial charge on any atom is -0.490 e. The van der Waals surface area contributed by atoms with Crippen LogP contribution in [-0.4, -0.2) is 68.4 Å². The number of hydrogen-bond donors (Lipinski definition) is 2. The molecule has 1 aliphatic rings. The highest BCUT2D eigenvalue weighted by molar-refractivity contribution is 14.1. The highest BCUT2D eigenvalue weighted by Gasteiger charge is 2.20. The summed E-state index contributed by atoms with van der Waals surface area (Å²) in [6.07, 6.45) is 2.12. The molecule has 0 radical (unpaired) electrons. The molecule has 0 unspecified atom stereocenters. The van der Waals surface area contributed by atoms with Crippen molar-refractivity contribution in [1.29, 1.82) is 0 Å². The normalized spacial score (nSPS) is 13.4. The molecule has 11 heteroatoms. The van der Waals surface area contributed by atoms with Crippen LogP contribution in [0.3, 0.4) is 0 Å². The molecule has 1 heterocycles. The van der Waals surface area contributed by atoms with Gasteiger partial charge in [-0.25, -0.2) is 5.43 Å². The van der Waals surface area contributed by atoms with E-state index in [1.807, 2.05) is 26.0 Å². The predicted molar refractivity (Wildman–Crippen MR) is 143 cm³/mol. The van der Waals surface area contributed by atoms with Crippen LogP contribution >= 0.6 is 22.6 Å². The van der Waals surface area contributed by atoms with Crippen LogP contribution in [0.4, 0.5) is 5.69 Å². The molecular weight excluding hydrogens is 579 g/mol. The number of nitrogens with one attached hydrogen (secondary N) is 2. The number of halogens is 1. The smallest absolute Gasteiger partial charge is 0.329 e. The van der Waals surface area contributed by atoms with Gasteiger partial charge in [-0.05, 0) is 65.3 Å². The maximum atomic E-state index is 12.4. The topological polar surface area (TPSA) is 119 Å². The van der Waals surface area contributed by atoms with Crippen LogP contribution in [0.1, 0.15) is 25.0 Å². The number of ether oxygens (including phenoxy) is 3. The minimum absolute atomic E-state index is 0.115. The van der Waals surface area contributed by atoms with Crippen LogP contribution in [0.25, 0.3) is 0 Å². The minimum atomic E-state index is -0.890. The number of rotatable bonds is 9. The van der Waals surface area contributed by atoms with Crippen LogP contribution in [0.15, 0.2) is 41.5 Å². The van der Waals surface area contributed by atoms with E-state index in [1.54, 1.807) is 29.2 Å². The first-order valence-electron chi connectivity index (χ1n) is 11.6. The van der Waals surface area contributed by atoms with E-state index in [9.17, 15) is 14.4 Å². The van der Waals surface area contributed by atoms with Crippen LogP contribution < -0.4 is 20.2 Å². The lowest BCUT2D eigenvalue weighted by Crippen LogP contribution is -2.43. The Labute approximate surface area is 223 Å². The molecular formula is C25H29IN4O6. The number of hydrogen-bond acceptors (Lipinski definition) is 7. The van der Waals surface area contributed by atoms with Gasteiger partial charge in [0.25, 0.3) is 5.91 Å². The Balaban J connectivity index is 1.61. The third kappa shape index (κ3) is 7.65. The quantitative estimate of drug-likeness (QED) is 0.196. The van der Waals surface area contributed by atoms with Gasteiger partial charge in [-0.2, -0.15) is 5.10 Å². The number of hydrazone groups is 1. The van der Waals surface area contributed by atoms with Gasteiger partial charge in [0, 0.05) is 18.8 Å². The Morgan fingerprint density at radius 1 is 1.11 bits per heavy atom. The molecule has 1 saturated heterocycles. The van der Waals surface area contributed by atoms with E-state index in [2.05, 4.69) is 38.4 Å². The third-order valence-corrected chi connectivity index (χ3v) is 6.07. The monoisotopic (exact) mass is 608 g/mol. The first kappa shape index (κ1) is 27.4. The summed E-state index contributed by atoms with van der Waals surface area (Å²) >= 11 is 2.08. The van der Waals surface area contributed by atoms with Crippen molar-refractivity contribution >= 4 is 52.2 Å². The molecule has 1 aliphatic heterocycles. The zero-order chi connectivity index (χ0) is 25.9. The molecule has 192 valence electrons. The van der Waals surface area contributed by atoms with Crippen molar-refractivity contribution in [3.63, 3.8) is 0 Å². The first-order chi connectivity index (χ1) is 17.4. The molecule has 2 aromatic carbocycles. The average molecular weight is 608 g/mol. The fourth-order valence-corrected chi connectivity index (χ4v) is 4.23. The van der Waals surface area contributed by atoms with E-state index >= 15 is 0 Å². The Hall–Kier alpha value is -3.19. The lowest BCUT2D eigenvalue weighted by atomic mass is 10.1. The van der Waals surface area contributed by atoms with Gasteiger partial charge in [-0.1, -0.05) is 25.1 Å². The van der Waals surface area contributed by atoms with Crippen molar-refractivity contribution in [1.82, 2.24) is 10.3 Å². The molecule has 0 saturated carbocycles. The van der Waals surface area contributed by atoms with Crippen molar-refractivity contribution in [3.05, 3.63) is 51.1 Å². The van der Waals surface area contributed by atoms with Gasteiger partial charge in [0.05, 0.1) is 29.6 Å². The molecule has 1 fully saturated rings. The number of morpholine rings is 1. The number of carbonyl (C=O) groups is 3. The molecule has 0 atom stereocenters. The second kappa shape index (κ2) is 13.8. The van der Waals surface area contributed by atoms with E-state index in [0.717, 1.165) is 12.0 Å². The fraction of sp³-hybridized carbons (Fsp3) is 0.360. The molecule has 3 amide bonds. The van der Waals surface area contributed by atoms with Crippen LogP contribution in [-0.2, 0) is 25.5 Å². The highest BCUT2D eigenvalue weighted by Crippen LogP contribution is 2.34. The summed E-state index contributed by atoms with van der Waals surface area (Å²) in [5, 5.41) is 6.50. The van der Waals surface area contributed by atoms with Crippen molar-refractivity contribution in [2.45, 2.75) is 20.3 Å². The van der Waals surface area contributed by atoms with E-state index in [4.69, 9.17) is 14.2 Å². The zero-order valence-electron chi connectivity index (χ0n) is 20.2. The molecule has 3 rings (SSSR count). The maximum Gasteiger partial charge on any atom is 0.329 e. The van der Waals surface area contributed by atoms with Gasteiger partial charge in [0.15, 0.2) is 18.1 Å². The van der Waals surface area contributed by atoms with Crippen LogP contribution in [0.2, 0.25) is 0 Å². The van der Waals surface area contributed by atoms with Gasteiger partial charge in [0.1, 0.15) is 0 Å². The summed E-state index contributed by atoms with van der Waals surface area (Å²) in [6, 6.07) is 10.7. The van der Waals surface area contributed by atoms with E-state index in [-0.39, 0.29) is 12.5 Å². The SMILES string of the molecule is CCOc1cc(/C=N\NC(=O)C(=O)Nc2ccccc2CC)cc(I)c1OCC(=O)N1CCOCC1. The van der Waals surface area contributed by atoms with Gasteiger partial charge in [-0.3, -0.25) is 14.4 Å². The molecule has 36 heavy (non-hydrogen) atoms. The van der Waals surface area contributed by atoms with Gasteiger partial charge in [0.2, 0.25) is 0 Å². The highest BCUT2D eigenvalue weighted by atomic mass is 127. The lowest BCUT2D eigenvalue weighted by Gasteiger charge is -2.27. The Morgan fingerprint density at radius 2 is 1.86 bits per heavy atom. The first-order valence-corrected chi connectivity index (χ1v) is 12.7. The molecule has 10 nitrogen and oxygen atoms in total. The number of nitrogens with zero attached hydrogens (tertiary/aromatic N) is 2. The van der Waals surface area contributed by atoms with Crippen LogP contribution in [0.5, 0.6) is 11.5 Å². The third-order valence-electron chi connectivity index (χ3n) is 5.27. The van der Waals surface area contributed by atoms with Crippen molar-refractivity contribution in [2.24, 2.45) is 5.10 Å². The molecule has 0 bridgehead atoms. The van der Waals surface area contributed by atoms with Crippen molar-refractivity contribution in [2.75, 3.05) is 44.8 Å². The Bertz CT molecular complexity index is 1120. The zero-order valence-corrected chi connectivity index (χ0v) is 22.4. The van der Waals surface area contributed by atoms with Crippen molar-refractivity contribution in [3.8, 4) is 11.5 Å². The Kier molecular flexibility index (Phi) is 10.5. The molecule has 0 aliphatic carbocycles. The van der Waals surface area contributed by atoms with E-state index in [1.165, 1.54) is 6.21 Å². The molecule has 0 spiro atoms. The number of carbonyl (C=O) groups excluding carboxylic acids is 3. The van der Waals surface area contributed by atoms with Crippen molar-refractivity contribution < 1.29 is 28.6 Å². The molecule has 2 aromatic rings. The fourth-order valence-electron chi connectivity index (χ4n) is 3.45. The van der Waals surface area contributed by atoms with Gasteiger partial charge < -0.3 is 24.4 Å². The standard InChI is InChI=1S/C25H29IN4O6/c1-3-18-7-5-6-8-20(18)28-24(32)25(33)29-27-15-17-13-19(26)23(21(14-17)35-4-2)36-16-22(31)30-9-11-34-12-10-30/h5-8,13-15H,3-4,9-12,16H2,1-2H3,(H,28,32)(H,29,33)/b27-15-. The Morgan fingerprint density at radius 3 is 2.58 bits per heavy atom. The van der Waals surface area contributed by atoms with E-state index < -0.39 is 11.8 Å². The summed E-state index contributed by atoms with van der Waals surface area (Å²) in [7, 11) is 0. The summed E-state index contributed by atoms with van der Waals surface area (Å²) in [4.78, 5) is 38.6. The summed E-state index contributed by atoms with van der Waals surface area (Å²) in [5.41, 5.74) is 4.36. The summed E-state index contributed by atoms with van der Waals surface area (Å²) in [5.74, 6) is -0.926. The number of benzene rings is 2. The second-order valence-corrected chi connectivity index (χ2v) is 8.87. The maximum absolute atomic E-state index is 12.4. The van der Waals surface area contributed by atoms with E-state index in [0.29, 0.717) is 59.2 Å². The summed E-state index contributed by atoms with van der Waals surface area (Å²) in [6.45, 7) is 6.20. The number of aryl methyl sites for hydroxylation is 1. The predicted octanol–water partition coefficient (Wildman–Crippen LogP) is 2.58.